The van der Waals surface area contributed by atoms with E-state index in [0.717, 1.165) is 0 Å². The van der Waals surface area contributed by atoms with Crippen LogP contribution in [-0.4, -0.2) is 65.3 Å². The van der Waals surface area contributed by atoms with Crippen LogP contribution in [0.4, 0.5) is 4.79 Å². The quantitative estimate of drug-likeness (QED) is 0.664. The van der Waals surface area contributed by atoms with Gasteiger partial charge in [0, 0.05) is 13.0 Å². The van der Waals surface area contributed by atoms with Gasteiger partial charge in [0.15, 0.2) is 18.1 Å². The van der Waals surface area contributed by atoms with E-state index in [1.165, 1.54) is 6.08 Å². The summed E-state index contributed by atoms with van der Waals surface area (Å²) in [5.74, 6) is -1.25. The summed E-state index contributed by atoms with van der Waals surface area (Å²) < 4.78 is 20.1. The van der Waals surface area contributed by atoms with Crippen LogP contribution in [0.1, 0.15) is 6.92 Å². The zero-order valence-electron chi connectivity index (χ0n) is 11.0. The summed E-state index contributed by atoms with van der Waals surface area (Å²) in [5.41, 5.74) is 0. The number of aliphatic hydroxyl groups excluding tert-OH is 1. The molecular weight excluding hydrogens is 286 g/mol. The van der Waals surface area contributed by atoms with Gasteiger partial charge >= 0.3 is 12.1 Å². The van der Waals surface area contributed by atoms with Crippen molar-refractivity contribution in [3.8, 4) is 0 Å². The molecule has 0 spiro atoms. The first-order valence-corrected chi connectivity index (χ1v) is 6.30. The number of carboxylic acids is 1. The molecule has 0 saturated carbocycles. The van der Waals surface area contributed by atoms with Crippen molar-refractivity contribution in [1.82, 2.24) is 0 Å². The maximum absolute atomic E-state index is 11.1. The van der Waals surface area contributed by atoms with Gasteiger partial charge in [-0.15, -0.1) is 0 Å². The summed E-state index contributed by atoms with van der Waals surface area (Å²) in [6.45, 7) is 1.49. The van der Waals surface area contributed by atoms with Crippen molar-refractivity contribution in [3.05, 3.63) is 11.8 Å². The highest BCUT2D eigenvalue weighted by Crippen LogP contribution is 2.31. The average molecular weight is 299 g/mol. The van der Waals surface area contributed by atoms with Gasteiger partial charge in [-0.2, -0.15) is 0 Å². The minimum atomic E-state index is -1.29. The van der Waals surface area contributed by atoms with Crippen LogP contribution in [0.25, 0.3) is 0 Å². The molecule has 3 aliphatic rings. The van der Waals surface area contributed by atoms with Crippen LogP contribution in [0.5, 0.6) is 0 Å². The number of cyclic esters (lactones) is 2. The molecule has 1 unspecified atom stereocenters. The maximum atomic E-state index is 11.1. The summed E-state index contributed by atoms with van der Waals surface area (Å²) >= 11 is 0. The van der Waals surface area contributed by atoms with Crippen LogP contribution in [0.2, 0.25) is 0 Å². The molecule has 9 nitrogen and oxygen atoms in total. The number of rotatable bonds is 3. The SMILES string of the molecule is CC1=N[C@H]2[C@@H](C=C(C(=O)O)O[C@H]2C(O)[C@H]2COC(=O)O2)O1. The minimum absolute atomic E-state index is 0.132. The average Bonchev–Trinajstić information content (AvgIpc) is 3.01. The second-order valence-corrected chi connectivity index (χ2v) is 4.85. The lowest BCUT2D eigenvalue weighted by atomic mass is 9.95. The Kier molecular flexibility index (Phi) is 3.20. The van der Waals surface area contributed by atoms with Gasteiger partial charge in [-0.1, -0.05) is 0 Å². The maximum Gasteiger partial charge on any atom is 0.508 e. The number of hydrogen-bond acceptors (Lipinski definition) is 8. The molecule has 114 valence electrons. The third kappa shape index (κ3) is 2.40. The molecular formula is C12H13NO8. The Labute approximate surface area is 118 Å². The lowest BCUT2D eigenvalue weighted by Gasteiger charge is -2.33. The van der Waals surface area contributed by atoms with Gasteiger partial charge in [0.1, 0.15) is 24.9 Å². The van der Waals surface area contributed by atoms with Crippen LogP contribution in [0.15, 0.2) is 16.8 Å². The van der Waals surface area contributed by atoms with Gasteiger partial charge in [0.05, 0.1) is 0 Å². The summed E-state index contributed by atoms with van der Waals surface area (Å²) in [7, 11) is 0. The minimum Gasteiger partial charge on any atom is -0.478 e. The molecule has 3 aliphatic heterocycles. The van der Waals surface area contributed by atoms with Crippen LogP contribution < -0.4 is 0 Å². The molecule has 2 N–H and O–H groups in total. The number of aliphatic carboxylic acids is 1. The second-order valence-electron chi connectivity index (χ2n) is 4.85. The highest BCUT2D eigenvalue weighted by Gasteiger charge is 2.49. The lowest BCUT2D eigenvalue weighted by molar-refractivity contribution is -0.143. The molecule has 0 bridgehead atoms. The number of carboxylic acid groups (broad SMARTS) is 1. The van der Waals surface area contributed by atoms with Crippen molar-refractivity contribution in [1.29, 1.82) is 0 Å². The van der Waals surface area contributed by atoms with Gasteiger partial charge in [-0.05, 0) is 0 Å². The number of carbonyl (C=O) groups is 2. The molecule has 9 heteroatoms. The molecule has 0 radical (unpaired) electrons. The van der Waals surface area contributed by atoms with Gasteiger partial charge in [0.2, 0.25) is 5.76 Å². The van der Waals surface area contributed by atoms with E-state index in [1.807, 2.05) is 0 Å². The van der Waals surface area contributed by atoms with Crippen molar-refractivity contribution in [2.75, 3.05) is 6.61 Å². The Morgan fingerprint density at radius 1 is 1.43 bits per heavy atom. The largest absolute Gasteiger partial charge is 0.508 e. The molecule has 0 aromatic carbocycles. The Balaban J connectivity index is 1.84. The van der Waals surface area contributed by atoms with Crippen molar-refractivity contribution in [3.63, 3.8) is 0 Å². The number of fused-ring (bicyclic) bond motifs is 1. The van der Waals surface area contributed by atoms with Crippen LogP contribution in [0, 0.1) is 0 Å². The molecule has 1 saturated heterocycles. The second kappa shape index (κ2) is 4.92. The molecule has 3 heterocycles. The first-order valence-electron chi connectivity index (χ1n) is 6.30. The summed E-state index contributed by atoms with van der Waals surface area (Å²) in [4.78, 5) is 26.2. The number of aliphatic imine (C=N–C) groups is 1. The fourth-order valence-electron chi connectivity index (χ4n) is 2.49. The van der Waals surface area contributed by atoms with Crippen molar-refractivity contribution >= 4 is 18.0 Å². The molecule has 3 rings (SSSR count). The number of hydrogen-bond donors (Lipinski definition) is 2. The predicted octanol–water partition coefficient (Wildman–Crippen LogP) is -0.564. The Bertz CT molecular complexity index is 541. The Hall–Kier alpha value is -2.29. The molecule has 0 aliphatic carbocycles. The molecule has 1 fully saturated rings. The first-order chi connectivity index (χ1) is 9.95. The summed E-state index contributed by atoms with van der Waals surface area (Å²) in [6, 6.07) is -0.609. The van der Waals surface area contributed by atoms with E-state index in [-0.39, 0.29) is 12.4 Å². The highest BCUT2D eigenvalue weighted by atomic mass is 16.8. The zero-order valence-corrected chi connectivity index (χ0v) is 11.0. The molecule has 5 atom stereocenters. The van der Waals surface area contributed by atoms with Gasteiger partial charge < -0.3 is 29.2 Å². The third-order valence-corrected chi connectivity index (χ3v) is 3.43. The van der Waals surface area contributed by atoms with Crippen molar-refractivity contribution in [2.24, 2.45) is 4.99 Å². The fraction of sp³-hybridized carbons (Fsp3) is 0.583. The number of carbonyl (C=O) groups excluding carboxylic acids is 1. The van der Waals surface area contributed by atoms with E-state index >= 15 is 0 Å². The normalized spacial score (nSPS) is 35.4. The van der Waals surface area contributed by atoms with Crippen molar-refractivity contribution < 1.29 is 38.7 Å². The van der Waals surface area contributed by atoms with E-state index in [9.17, 15) is 14.7 Å². The number of nitrogens with zero attached hydrogens (tertiary/aromatic N) is 1. The van der Waals surface area contributed by atoms with Crippen LogP contribution in [-0.2, 0) is 23.7 Å². The summed E-state index contributed by atoms with van der Waals surface area (Å²) in [5, 5.41) is 19.4. The predicted molar refractivity (Wildman–Crippen MR) is 64.6 cm³/mol. The Morgan fingerprint density at radius 3 is 2.81 bits per heavy atom. The Morgan fingerprint density at radius 2 is 2.19 bits per heavy atom. The first kappa shape index (κ1) is 13.7. The van der Waals surface area contributed by atoms with Gasteiger partial charge in [0.25, 0.3) is 0 Å². The molecule has 0 aromatic rings. The summed E-state index contributed by atoms with van der Waals surface area (Å²) in [6.07, 6.45) is -3.46. The van der Waals surface area contributed by atoms with Crippen molar-refractivity contribution in [2.45, 2.75) is 37.4 Å². The third-order valence-electron chi connectivity index (χ3n) is 3.43. The van der Waals surface area contributed by atoms with E-state index in [4.69, 9.17) is 19.3 Å². The number of aliphatic hydroxyl groups is 1. The molecule has 21 heavy (non-hydrogen) atoms. The van der Waals surface area contributed by atoms with E-state index in [1.54, 1.807) is 6.92 Å². The van der Waals surface area contributed by atoms with Crippen LogP contribution >= 0.6 is 0 Å². The topological polar surface area (TPSA) is 124 Å². The van der Waals surface area contributed by atoms with E-state index in [0.29, 0.717) is 5.90 Å². The van der Waals surface area contributed by atoms with E-state index < -0.39 is 42.6 Å². The van der Waals surface area contributed by atoms with Gasteiger partial charge in [-0.3, -0.25) is 0 Å². The molecule has 0 aromatic heterocycles. The van der Waals surface area contributed by atoms with E-state index in [2.05, 4.69) is 9.73 Å². The smallest absolute Gasteiger partial charge is 0.478 e. The highest BCUT2D eigenvalue weighted by molar-refractivity contribution is 5.85. The molecule has 0 amide bonds. The number of ether oxygens (including phenoxy) is 4. The van der Waals surface area contributed by atoms with Crippen LogP contribution in [0.3, 0.4) is 0 Å². The monoisotopic (exact) mass is 299 g/mol. The zero-order chi connectivity index (χ0) is 15.1. The van der Waals surface area contributed by atoms with Gasteiger partial charge in [-0.25, -0.2) is 14.6 Å². The standard InChI is InChI=1S/C12H13NO8/c1-4-13-8-5(19-4)2-6(11(15)16)20-10(8)9(14)7-3-18-12(17)21-7/h2,5,7-10,14H,3H2,1H3,(H,15,16)/t5-,7-,8+,9?,10-/m1/s1. The lowest BCUT2D eigenvalue weighted by Crippen LogP contribution is -2.51. The fourth-order valence-corrected chi connectivity index (χ4v) is 2.49.